The molecule has 0 bridgehead atoms. The number of nitrogens with zero attached hydrogens (tertiary/aromatic N) is 2. The Hall–Kier alpha value is -2.20. The summed E-state index contributed by atoms with van der Waals surface area (Å²) in [7, 11) is 2.09. The Bertz CT molecular complexity index is 940. The van der Waals surface area contributed by atoms with Crippen LogP contribution in [0.1, 0.15) is 32.1 Å². The molecule has 1 fully saturated rings. The van der Waals surface area contributed by atoms with Crippen LogP contribution in [0.25, 0.3) is 21.8 Å². The SMILES string of the molecule is Cn1c2ccccc2c(=NC(=S)OC2CCCCC2)c2ccccc21. The lowest BCUT2D eigenvalue weighted by Crippen LogP contribution is -2.21. The summed E-state index contributed by atoms with van der Waals surface area (Å²) < 4.78 is 8.18. The van der Waals surface area contributed by atoms with Gasteiger partial charge in [-0.05, 0) is 50.0 Å². The molecule has 0 aliphatic heterocycles. The maximum Gasteiger partial charge on any atom is 0.284 e. The van der Waals surface area contributed by atoms with Gasteiger partial charge in [0.2, 0.25) is 0 Å². The molecule has 0 unspecified atom stereocenters. The number of hydrogen-bond acceptors (Lipinski definition) is 2. The van der Waals surface area contributed by atoms with E-state index in [1.807, 2.05) is 12.1 Å². The molecule has 1 heterocycles. The molecule has 4 rings (SSSR count). The van der Waals surface area contributed by atoms with E-state index in [1.165, 1.54) is 19.3 Å². The molecule has 128 valence electrons. The summed E-state index contributed by atoms with van der Waals surface area (Å²) in [4.78, 5) is 4.75. The average Bonchev–Trinajstić information content (AvgIpc) is 2.66. The molecule has 25 heavy (non-hydrogen) atoms. The summed E-state index contributed by atoms with van der Waals surface area (Å²) in [5, 5.41) is 3.46. The van der Waals surface area contributed by atoms with Gasteiger partial charge in [-0.25, -0.2) is 4.99 Å². The number of rotatable bonds is 1. The molecule has 3 nitrogen and oxygen atoms in total. The predicted molar refractivity (Wildman–Crippen MR) is 107 cm³/mol. The predicted octanol–water partition coefficient (Wildman–Crippen LogP) is 4.87. The van der Waals surface area contributed by atoms with Gasteiger partial charge in [0.15, 0.2) is 0 Å². The number of aryl methyl sites for hydroxylation is 1. The van der Waals surface area contributed by atoms with E-state index in [9.17, 15) is 0 Å². The number of hydrogen-bond donors (Lipinski definition) is 0. The molecule has 0 radical (unpaired) electrons. The molecule has 0 N–H and O–H groups in total. The minimum atomic E-state index is 0.224. The van der Waals surface area contributed by atoms with Gasteiger partial charge in [0.05, 0.1) is 16.4 Å². The maximum absolute atomic E-state index is 5.98. The highest BCUT2D eigenvalue weighted by Crippen LogP contribution is 2.21. The van der Waals surface area contributed by atoms with Crippen LogP contribution in [-0.4, -0.2) is 15.8 Å². The first-order chi connectivity index (χ1) is 12.2. The molecule has 4 heteroatoms. The van der Waals surface area contributed by atoms with Crippen molar-refractivity contribution in [3.63, 3.8) is 0 Å². The smallest absolute Gasteiger partial charge is 0.284 e. The Kier molecular flexibility index (Phi) is 4.53. The van der Waals surface area contributed by atoms with Gasteiger partial charge in [-0.3, -0.25) is 0 Å². The quantitative estimate of drug-likeness (QED) is 0.462. The Morgan fingerprint density at radius 3 is 2.12 bits per heavy atom. The van der Waals surface area contributed by atoms with E-state index in [4.69, 9.17) is 21.9 Å². The number of benzene rings is 2. The van der Waals surface area contributed by atoms with Crippen LogP contribution in [-0.2, 0) is 11.8 Å². The van der Waals surface area contributed by atoms with E-state index in [1.54, 1.807) is 0 Å². The van der Waals surface area contributed by atoms with E-state index < -0.39 is 0 Å². The Morgan fingerprint density at radius 1 is 0.960 bits per heavy atom. The Balaban J connectivity index is 1.86. The first-order valence-electron chi connectivity index (χ1n) is 8.96. The van der Waals surface area contributed by atoms with E-state index in [0.29, 0.717) is 5.17 Å². The van der Waals surface area contributed by atoms with Crippen LogP contribution in [0, 0.1) is 0 Å². The minimum Gasteiger partial charge on any atom is -0.466 e. The minimum absolute atomic E-state index is 0.224. The fourth-order valence-electron chi connectivity index (χ4n) is 3.77. The fourth-order valence-corrected chi connectivity index (χ4v) is 4.00. The van der Waals surface area contributed by atoms with Gasteiger partial charge in [-0.15, -0.1) is 0 Å². The van der Waals surface area contributed by atoms with Gasteiger partial charge < -0.3 is 9.30 Å². The number of aromatic nitrogens is 1. The van der Waals surface area contributed by atoms with E-state index in [2.05, 4.69) is 48.0 Å². The summed E-state index contributed by atoms with van der Waals surface area (Å²) in [5.41, 5.74) is 2.28. The fraction of sp³-hybridized carbons (Fsp3) is 0.333. The van der Waals surface area contributed by atoms with Crippen LogP contribution in [0.15, 0.2) is 53.5 Å². The monoisotopic (exact) mass is 350 g/mol. The number of para-hydroxylation sites is 2. The molecule has 1 aromatic heterocycles. The standard InChI is InChI=1S/C21H22N2OS/c1-23-18-13-7-5-11-16(18)20(17-12-6-8-14-19(17)23)22-21(25)24-15-9-3-2-4-10-15/h5-8,11-15H,2-4,9-10H2,1H3. The van der Waals surface area contributed by atoms with Crippen molar-refractivity contribution in [2.24, 2.45) is 12.0 Å². The summed E-state index contributed by atoms with van der Waals surface area (Å²) in [6.45, 7) is 0. The van der Waals surface area contributed by atoms with Crippen molar-refractivity contribution in [1.29, 1.82) is 0 Å². The second-order valence-corrected chi connectivity index (χ2v) is 7.05. The van der Waals surface area contributed by atoms with Crippen molar-refractivity contribution in [2.75, 3.05) is 0 Å². The molecule has 2 aromatic carbocycles. The highest BCUT2D eigenvalue weighted by Gasteiger charge is 2.16. The molecule has 0 amide bonds. The largest absolute Gasteiger partial charge is 0.466 e. The number of thiocarbonyl (C=S) groups is 1. The van der Waals surface area contributed by atoms with Crippen LogP contribution >= 0.6 is 12.2 Å². The van der Waals surface area contributed by atoms with E-state index in [-0.39, 0.29) is 6.10 Å². The van der Waals surface area contributed by atoms with Gasteiger partial charge in [0.1, 0.15) is 6.10 Å². The Labute approximate surface area is 153 Å². The van der Waals surface area contributed by atoms with Gasteiger partial charge in [-0.1, -0.05) is 42.8 Å². The van der Waals surface area contributed by atoms with E-state index in [0.717, 1.165) is 40.0 Å². The van der Waals surface area contributed by atoms with Gasteiger partial charge in [0, 0.05) is 17.8 Å². The highest BCUT2D eigenvalue weighted by molar-refractivity contribution is 7.80. The third-order valence-corrected chi connectivity index (χ3v) is 5.25. The number of ether oxygens (including phenoxy) is 1. The second kappa shape index (κ2) is 6.96. The topological polar surface area (TPSA) is 26.5 Å². The van der Waals surface area contributed by atoms with Crippen molar-refractivity contribution in [1.82, 2.24) is 4.57 Å². The summed E-state index contributed by atoms with van der Waals surface area (Å²) in [5.74, 6) is 0. The zero-order valence-electron chi connectivity index (χ0n) is 14.4. The van der Waals surface area contributed by atoms with Gasteiger partial charge in [0.25, 0.3) is 5.17 Å². The van der Waals surface area contributed by atoms with Gasteiger partial charge in [-0.2, -0.15) is 0 Å². The molecule has 0 spiro atoms. The lowest BCUT2D eigenvalue weighted by molar-refractivity contribution is 0.145. The lowest BCUT2D eigenvalue weighted by atomic mass is 9.98. The van der Waals surface area contributed by atoms with Crippen LogP contribution < -0.4 is 5.36 Å². The van der Waals surface area contributed by atoms with E-state index >= 15 is 0 Å². The van der Waals surface area contributed by atoms with Crippen molar-refractivity contribution < 1.29 is 4.74 Å². The first kappa shape index (κ1) is 16.3. The molecule has 3 aromatic rings. The van der Waals surface area contributed by atoms with Crippen molar-refractivity contribution in [2.45, 2.75) is 38.2 Å². The van der Waals surface area contributed by atoms with Crippen molar-refractivity contribution in [3.05, 3.63) is 53.9 Å². The normalized spacial score (nSPS) is 15.4. The average molecular weight is 350 g/mol. The van der Waals surface area contributed by atoms with Crippen LogP contribution in [0.4, 0.5) is 0 Å². The van der Waals surface area contributed by atoms with Crippen LogP contribution in [0.5, 0.6) is 0 Å². The van der Waals surface area contributed by atoms with Crippen LogP contribution in [0.3, 0.4) is 0 Å². The lowest BCUT2D eigenvalue weighted by Gasteiger charge is -2.21. The first-order valence-corrected chi connectivity index (χ1v) is 9.37. The highest BCUT2D eigenvalue weighted by atomic mass is 32.1. The number of pyridine rings is 1. The van der Waals surface area contributed by atoms with Crippen molar-refractivity contribution >= 4 is 39.2 Å². The zero-order valence-corrected chi connectivity index (χ0v) is 15.3. The molecule has 1 aliphatic carbocycles. The third kappa shape index (κ3) is 3.19. The van der Waals surface area contributed by atoms with Crippen molar-refractivity contribution in [3.8, 4) is 0 Å². The second-order valence-electron chi connectivity index (χ2n) is 6.70. The third-order valence-electron chi connectivity index (χ3n) is 5.06. The summed E-state index contributed by atoms with van der Waals surface area (Å²) >= 11 is 5.48. The Morgan fingerprint density at radius 2 is 1.52 bits per heavy atom. The molecule has 1 saturated carbocycles. The zero-order chi connectivity index (χ0) is 17.2. The maximum atomic E-state index is 5.98. The molecule has 0 saturated heterocycles. The molecule has 1 aliphatic rings. The van der Waals surface area contributed by atoms with Gasteiger partial charge >= 0.3 is 0 Å². The summed E-state index contributed by atoms with van der Waals surface area (Å²) in [6, 6.07) is 16.6. The molecular formula is C21H22N2OS. The molecule has 0 atom stereocenters. The van der Waals surface area contributed by atoms with Crippen LogP contribution in [0.2, 0.25) is 0 Å². The molecular weight excluding hydrogens is 328 g/mol. The number of fused-ring (bicyclic) bond motifs is 2. The summed E-state index contributed by atoms with van der Waals surface area (Å²) in [6.07, 6.45) is 6.14.